The zero-order valence-electron chi connectivity index (χ0n) is 11.1. The number of aliphatic hydroxyl groups excluding tert-OH is 6. The summed E-state index contributed by atoms with van der Waals surface area (Å²) in [6.07, 6.45) is -6.16. The van der Waals surface area contributed by atoms with Gasteiger partial charge in [0.15, 0.2) is 6.17 Å². The van der Waals surface area contributed by atoms with Gasteiger partial charge in [-0.3, -0.25) is 9.97 Å². The Kier molecular flexibility index (Phi) is 7.02. The van der Waals surface area contributed by atoms with Crippen LogP contribution in [0.25, 0.3) is 0 Å². The highest BCUT2D eigenvalue weighted by molar-refractivity contribution is 5.09. The van der Waals surface area contributed by atoms with Gasteiger partial charge in [0, 0.05) is 12.6 Å². The van der Waals surface area contributed by atoms with Crippen molar-refractivity contribution in [2.24, 2.45) is 0 Å². The van der Waals surface area contributed by atoms with E-state index in [0.29, 0.717) is 0 Å². The highest BCUT2D eigenvalue weighted by Crippen LogP contribution is 2.21. The Morgan fingerprint density at radius 2 is 1.57 bits per heavy atom. The lowest BCUT2D eigenvalue weighted by Crippen LogP contribution is -2.34. The van der Waals surface area contributed by atoms with Crippen molar-refractivity contribution in [3.8, 4) is 0 Å². The number of alkyl halides is 1. The van der Waals surface area contributed by atoms with E-state index in [1.165, 1.54) is 6.20 Å². The fourth-order valence-corrected chi connectivity index (χ4v) is 1.60. The predicted octanol–water partition coefficient (Wildman–Crippen LogP) is -2.54. The highest BCUT2D eigenvalue weighted by Gasteiger charge is 2.29. The third-order valence-corrected chi connectivity index (χ3v) is 2.92. The van der Waals surface area contributed by atoms with Gasteiger partial charge in [0.2, 0.25) is 0 Å². The minimum atomic E-state index is -2.07. The summed E-state index contributed by atoms with van der Waals surface area (Å²) >= 11 is 0. The molecule has 0 bridgehead atoms. The molecule has 21 heavy (non-hydrogen) atoms. The number of halogens is 1. The molecular weight excluding hydrogens is 287 g/mol. The van der Waals surface area contributed by atoms with Gasteiger partial charge in [-0.2, -0.15) is 0 Å². The van der Waals surface area contributed by atoms with Gasteiger partial charge in [0.1, 0.15) is 18.3 Å². The standard InChI is InChI=1S/C12H19FN2O6/c13-11(12(21)10(20)5-17)7-3-14-2-6(15-7)1-8(18)9(19)4-16/h2-3,8-12,16-21H,1,4-5H2/t8-,9+,10+,11+,12+/m0/s1. The maximum atomic E-state index is 13.9. The van der Waals surface area contributed by atoms with Gasteiger partial charge in [-0.1, -0.05) is 0 Å². The van der Waals surface area contributed by atoms with E-state index < -0.39 is 43.8 Å². The molecular formula is C12H19FN2O6. The molecule has 0 aliphatic heterocycles. The van der Waals surface area contributed by atoms with Crippen LogP contribution in [0.4, 0.5) is 4.39 Å². The molecule has 1 aromatic heterocycles. The second-order valence-electron chi connectivity index (χ2n) is 4.60. The zero-order valence-corrected chi connectivity index (χ0v) is 11.1. The minimum absolute atomic E-state index is 0.140. The van der Waals surface area contributed by atoms with E-state index in [1.807, 2.05) is 0 Å². The Balaban J connectivity index is 2.80. The van der Waals surface area contributed by atoms with E-state index in [2.05, 4.69) is 9.97 Å². The molecule has 1 aromatic rings. The fourth-order valence-electron chi connectivity index (χ4n) is 1.60. The first-order valence-electron chi connectivity index (χ1n) is 6.29. The first-order valence-corrected chi connectivity index (χ1v) is 6.29. The molecule has 9 heteroatoms. The quantitative estimate of drug-likeness (QED) is 0.308. The molecule has 5 atom stereocenters. The summed E-state index contributed by atoms with van der Waals surface area (Å²) in [4.78, 5) is 7.52. The van der Waals surface area contributed by atoms with Crippen LogP contribution < -0.4 is 0 Å². The van der Waals surface area contributed by atoms with Crippen LogP contribution in [0.5, 0.6) is 0 Å². The van der Waals surface area contributed by atoms with E-state index >= 15 is 0 Å². The summed E-state index contributed by atoms with van der Waals surface area (Å²) in [5.74, 6) is 0. The lowest BCUT2D eigenvalue weighted by molar-refractivity contribution is -0.0538. The maximum absolute atomic E-state index is 13.9. The molecule has 0 fully saturated rings. The van der Waals surface area contributed by atoms with Crippen LogP contribution >= 0.6 is 0 Å². The number of rotatable bonds is 8. The molecule has 1 rings (SSSR count). The van der Waals surface area contributed by atoms with Gasteiger partial charge in [0.25, 0.3) is 0 Å². The van der Waals surface area contributed by atoms with Crippen LogP contribution in [0.15, 0.2) is 12.4 Å². The smallest absolute Gasteiger partial charge is 0.172 e. The summed E-state index contributed by atoms with van der Waals surface area (Å²) in [6, 6.07) is 0. The molecule has 0 aliphatic carbocycles. The lowest BCUT2D eigenvalue weighted by Gasteiger charge is -2.20. The van der Waals surface area contributed by atoms with Crippen LogP contribution in [-0.2, 0) is 6.42 Å². The second-order valence-corrected chi connectivity index (χ2v) is 4.60. The van der Waals surface area contributed by atoms with Crippen LogP contribution in [0.1, 0.15) is 17.6 Å². The Morgan fingerprint density at radius 3 is 2.14 bits per heavy atom. The zero-order chi connectivity index (χ0) is 16.0. The van der Waals surface area contributed by atoms with Crippen molar-refractivity contribution < 1.29 is 35.0 Å². The monoisotopic (exact) mass is 306 g/mol. The molecule has 0 aromatic carbocycles. The van der Waals surface area contributed by atoms with Crippen molar-refractivity contribution in [1.82, 2.24) is 9.97 Å². The van der Waals surface area contributed by atoms with Crippen molar-refractivity contribution in [2.45, 2.75) is 37.0 Å². The molecule has 8 nitrogen and oxygen atoms in total. The summed E-state index contributed by atoms with van der Waals surface area (Å²) in [6.45, 7) is -1.45. The highest BCUT2D eigenvalue weighted by atomic mass is 19.1. The second kappa shape index (κ2) is 8.27. The van der Waals surface area contributed by atoms with Gasteiger partial charge in [0.05, 0.1) is 36.9 Å². The van der Waals surface area contributed by atoms with E-state index in [1.54, 1.807) is 0 Å². The summed E-state index contributed by atoms with van der Waals surface area (Å²) in [5.41, 5.74) is -0.140. The summed E-state index contributed by atoms with van der Waals surface area (Å²) in [7, 11) is 0. The molecule has 1 heterocycles. The average molecular weight is 306 g/mol. The van der Waals surface area contributed by atoms with Crippen molar-refractivity contribution in [3.05, 3.63) is 23.8 Å². The molecule has 0 radical (unpaired) electrons. The SMILES string of the molecule is OC[C@@H](O)[C@@H](O)[C@H](F)c1cncc(C[C@H](O)[C@H](O)CO)n1. The minimum Gasteiger partial charge on any atom is -0.394 e. The molecule has 6 N–H and O–H groups in total. The fraction of sp³-hybridized carbons (Fsp3) is 0.667. The molecule has 0 saturated heterocycles. The Labute approximate surface area is 120 Å². The number of nitrogens with zero attached hydrogens (tertiary/aromatic N) is 2. The molecule has 120 valence electrons. The average Bonchev–Trinajstić information content (AvgIpc) is 2.51. The van der Waals surface area contributed by atoms with E-state index in [0.717, 1.165) is 6.20 Å². The van der Waals surface area contributed by atoms with Gasteiger partial charge < -0.3 is 30.6 Å². The van der Waals surface area contributed by atoms with E-state index in [9.17, 15) is 24.8 Å². The molecule has 0 unspecified atom stereocenters. The molecule has 0 amide bonds. The van der Waals surface area contributed by atoms with Crippen molar-refractivity contribution in [2.75, 3.05) is 13.2 Å². The van der Waals surface area contributed by atoms with E-state index in [-0.39, 0.29) is 17.8 Å². The summed E-state index contributed by atoms with van der Waals surface area (Å²) in [5, 5.41) is 54.8. The van der Waals surface area contributed by atoms with Crippen molar-refractivity contribution in [3.63, 3.8) is 0 Å². The Morgan fingerprint density at radius 1 is 0.952 bits per heavy atom. The number of hydrogen-bond donors (Lipinski definition) is 6. The molecule has 0 saturated carbocycles. The van der Waals surface area contributed by atoms with Crippen LogP contribution in [0, 0.1) is 0 Å². The number of aromatic nitrogens is 2. The summed E-state index contributed by atoms with van der Waals surface area (Å²) < 4.78 is 13.9. The van der Waals surface area contributed by atoms with E-state index in [4.69, 9.17) is 10.2 Å². The van der Waals surface area contributed by atoms with Gasteiger partial charge in [-0.15, -0.1) is 0 Å². The first-order chi connectivity index (χ1) is 9.90. The Bertz CT molecular complexity index is 438. The lowest BCUT2D eigenvalue weighted by atomic mass is 10.1. The van der Waals surface area contributed by atoms with Crippen molar-refractivity contribution in [1.29, 1.82) is 0 Å². The third kappa shape index (κ3) is 4.92. The predicted molar refractivity (Wildman–Crippen MR) is 67.8 cm³/mol. The van der Waals surface area contributed by atoms with Gasteiger partial charge in [-0.05, 0) is 0 Å². The van der Waals surface area contributed by atoms with Gasteiger partial charge in [-0.25, -0.2) is 4.39 Å². The topological polar surface area (TPSA) is 147 Å². The van der Waals surface area contributed by atoms with Crippen molar-refractivity contribution >= 4 is 0 Å². The van der Waals surface area contributed by atoms with Crippen LogP contribution in [-0.4, -0.2) is 78.2 Å². The number of hydrogen-bond acceptors (Lipinski definition) is 8. The maximum Gasteiger partial charge on any atom is 0.172 e. The van der Waals surface area contributed by atoms with Gasteiger partial charge >= 0.3 is 0 Å². The normalized spacial score (nSPS) is 18.8. The number of aliphatic hydroxyl groups is 6. The first kappa shape index (κ1) is 17.8. The molecule has 0 spiro atoms. The third-order valence-electron chi connectivity index (χ3n) is 2.92. The molecule has 0 aliphatic rings. The van der Waals surface area contributed by atoms with Crippen LogP contribution in [0.3, 0.4) is 0 Å². The largest absolute Gasteiger partial charge is 0.394 e. The van der Waals surface area contributed by atoms with Crippen LogP contribution in [0.2, 0.25) is 0 Å². The Hall–Kier alpha value is -1.23.